The van der Waals surface area contributed by atoms with E-state index in [-0.39, 0.29) is 17.5 Å². The molecule has 23 heavy (non-hydrogen) atoms. The average molecular weight is 360 g/mol. The lowest BCUT2D eigenvalue weighted by Crippen LogP contribution is -2.41. The summed E-state index contributed by atoms with van der Waals surface area (Å²) in [6.45, 7) is 1.52. The molecule has 1 atom stereocenters. The molecule has 1 fully saturated rings. The predicted molar refractivity (Wildman–Crippen MR) is 85.0 cm³/mol. The number of sulfone groups is 1. The van der Waals surface area contributed by atoms with E-state index in [4.69, 9.17) is 16.7 Å². The van der Waals surface area contributed by atoms with E-state index in [0.717, 1.165) is 12.8 Å². The summed E-state index contributed by atoms with van der Waals surface area (Å²) in [5.41, 5.74) is 0. The molecule has 6 nitrogen and oxygen atoms in total. The zero-order chi connectivity index (χ0) is 17.2. The van der Waals surface area contributed by atoms with Crippen LogP contribution in [0, 0.1) is 5.92 Å². The fraction of sp³-hybridized carbons (Fsp3) is 0.467. The molecule has 1 aliphatic rings. The number of nitrogens with zero attached hydrogens (tertiary/aromatic N) is 1. The number of carboxylic acid groups (broad SMARTS) is 1. The maximum absolute atomic E-state index is 12.4. The quantitative estimate of drug-likeness (QED) is 0.801. The summed E-state index contributed by atoms with van der Waals surface area (Å²) in [6, 6.07) is 5.55. The van der Waals surface area contributed by atoms with Crippen LogP contribution < -0.4 is 0 Å². The van der Waals surface area contributed by atoms with Crippen molar-refractivity contribution in [3.8, 4) is 0 Å². The van der Waals surface area contributed by atoms with Gasteiger partial charge in [-0.05, 0) is 37.1 Å². The highest BCUT2D eigenvalue weighted by atomic mass is 35.5. The van der Waals surface area contributed by atoms with E-state index in [1.807, 2.05) is 0 Å². The maximum Gasteiger partial charge on any atom is 0.308 e. The molecule has 1 aromatic rings. The number of aliphatic carboxylic acids is 1. The van der Waals surface area contributed by atoms with Crippen LogP contribution >= 0.6 is 11.6 Å². The first-order valence-electron chi connectivity index (χ1n) is 7.21. The van der Waals surface area contributed by atoms with E-state index in [0.29, 0.717) is 5.02 Å². The SMILES string of the molecule is CC(CN(C(=O)CS(=O)(=O)c1ccc(Cl)cc1)C1CC1)C(=O)O. The minimum Gasteiger partial charge on any atom is -0.481 e. The third-order valence-corrected chi connectivity index (χ3v) is 5.56. The Bertz CT molecular complexity index is 697. The van der Waals surface area contributed by atoms with Crippen LogP contribution in [0.25, 0.3) is 0 Å². The van der Waals surface area contributed by atoms with E-state index >= 15 is 0 Å². The van der Waals surface area contributed by atoms with Gasteiger partial charge in [0.1, 0.15) is 5.75 Å². The number of amides is 1. The van der Waals surface area contributed by atoms with Crippen LogP contribution in [0.3, 0.4) is 0 Å². The molecule has 2 rings (SSSR count). The van der Waals surface area contributed by atoms with Crippen molar-refractivity contribution < 1.29 is 23.1 Å². The topological polar surface area (TPSA) is 91.8 Å². The Kier molecular flexibility index (Phi) is 5.31. The number of hydrogen-bond donors (Lipinski definition) is 1. The molecule has 0 aromatic heterocycles. The van der Waals surface area contributed by atoms with Crippen LogP contribution in [0.15, 0.2) is 29.2 Å². The monoisotopic (exact) mass is 359 g/mol. The molecule has 1 aliphatic carbocycles. The van der Waals surface area contributed by atoms with Gasteiger partial charge in [0, 0.05) is 17.6 Å². The largest absolute Gasteiger partial charge is 0.481 e. The van der Waals surface area contributed by atoms with E-state index in [9.17, 15) is 18.0 Å². The number of benzene rings is 1. The second-order valence-electron chi connectivity index (χ2n) is 5.73. The summed E-state index contributed by atoms with van der Waals surface area (Å²) in [5.74, 6) is -2.98. The summed E-state index contributed by atoms with van der Waals surface area (Å²) >= 11 is 5.73. The molecule has 0 saturated heterocycles. The van der Waals surface area contributed by atoms with Gasteiger partial charge in [-0.2, -0.15) is 0 Å². The molecule has 8 heteroatoms. The Balaban J connectivity index is 2.11. The van der Waals surface area contributed by atoms with Crippen molar-refractivity contribution in [1.29, 1.82) is 0 Å². The van der Waals surface area contributed by atoms with Crippen molar-refractivity contribution in [1.82, 2.24) is 4.90 Å². The summed E-state index contributed by atoms with van der Waals surface area (Å²) < 4.78 is 24.6. The number of halogens is 1. The Morgan fingerprint density at radius 3 is 2.35 bits per heavy atom. The third-order valence-electron chi connectivity index (χ3n) is 3.69. The van der Waals surface area contributed by atoms with Gasteiger partial charge in [-0.3, -0.25) is 9.59 Å². The zero-order valence-electron chi connectivity index (χ0n) is 12.6. The maximum atomic E-state index is 12.4. The Morgan fingerprint density at radius 2 is 1.87 bits per heavy atom. The van der Waals surface area contributed by atoms with Crippen molar-refractivity contribution in [2.45, 2.75) is 30.7 Å². The fourth-order valence-electron chi connectivity index (χ4n) is 2.18. The average Bonchev–Trinajstić information content (AvgIpc) is 3.28. The lowest BCUT2D eigenvalue weighted by molar-refractivity contribution is -0.142. The third kappa shape index (κ3) is 4.68. The predicted octanol–water partition coefficient (Wildman–Crippen LogP) is 1.83. The van der Waals surface area contributed by atoms with E-state index in [1.54, 1.807) is 0 Å². The van der Waals surface area contributed by atoms with Crippen LogP contribution in [0.5, 0.6) is 0 Å². The fourth-order valence-corrected chi connectivity index (χ4v) is 3.52. The second kappa shape index (κ2) is 6.88. The minimum absolute atomic E-state index is 0.0228. The molecular weight excluding hydrogens is 342 g/mol. The van der Waals surface area contributed by atoms with Crippen LogP contribution in [0.2, 0.25) is 5.02 Å². The van der Waals surface area contributed by atoms with Crippen LogP contribution in [0.4, 0.5) is 0 Å². The summed E-state index contributed by atoms with van der Waals surface area (Å²) in [6.07, 6.45) is 1.55. The molecule has 1 amide bonds. The van der Waals surface area contributed by atoms with Gasteiger partial charge in [0.25, 0.3) is 0 Å². The summed E-state index contributed by atoms with van der Waals surface area (Å²) in [4.78, 5) is 24.7. The van der Waals surface area contributed by atoms with Gasteiger partial charge in [-0.25, -0.2) is 8.42 Å². The number of carbonyl (C=O) groups is 2. The number of rotatable bonds is 7. The summed E-state index contributed by atoms with van der Waals surface area (Å²) in [7, 11) is -3.78. The zero-order valence-corrected chi connectivity index (χ0v) is 14.2. The minimum atomic E-state index is -3.78. The Hall–Kier alpha value is -1.60. The van der Waals surface area contributed by atoms with E-state index in [1.165, 1.54) is 36.1 Å². The standard InChI is InChI=1S/C15H18ClNO5S/c1-10(15(19)20)8-17(12-4-5-12)14(18)9-23(21,22)13-6-2-11(16)3-7-13/h2-3,6-7,10,12H,4-5,8-9H2,1H3,(H,19,20). The van der Waals surface area contributed by atoms with Gasteiger partial charge < -0.3 is 10.0 Å². The molecular formula is C15H18ClNO5S. The molecule has 0 spiro atoms. The molecule has 0 aliphatic heterocycles. The van der Waals surface area contributed by atoms with Crippen LogP contribution in [-0.4, -0.2) is 48.6 Å². The highest BCUT2D eigenvalue weighted by Gasteiger charge is 2.36. The molecule has 1 saturated carbocycles. The first-order valence-corrected chi connectivity index (χ1v) is 9.24. The summed E-state index contributed by atoms with van der Waals surface area (Å²) in [5, 5.41) is 9.39. The van der Waals surface area contributed by atoms with Gasteiger partial charge in [-0.1, -0.05) is 18.5 Å². The van der Waals surface area contributed by atoms with Gasteiger partial charge in [-0.15, -0.1) is 0 Å². The molecule has 126 valence electrons. The highest BCUT2D eigenvalue weighted by molar-refractivity contribution is 7.92. The Morgan fingerprint density at radius 1 is 1.30 bits per heavy atom. The Labute approximate surface area is 140 Å². The molecule has 1 unspecified atom stereocenters. The van der Waals surface area contributed by atoms with Crippen molar-refractivity contribution in [2.75, 3.05) is 12.3 Å². The molecule has 0 heterocycles. The molecule has 1 aromatic carbocycles. The smallest absolute Gasteiger partial charge is 0.308 e. The van der Waals surface area contributed by atoms with E-state index in [2.05, 4.69) is 0 Å². The molecule has 0 radical (unpaired) electrons. The first-order chi connectivity index (χ1) is 10.7. The van der Waals surface area contributed by atoms with Crippen LogP contribution in [-0.2, 0) is 19.4 Å². The normalized spacial score (nSPS) is 15.9. The van der Waals surface area contributed by atoms with Crippen molar-refractivity contribution in [3.05, 3.63) is 29.3 Å². The second-order valence-corrected chi connectivity index (χ2v) is 8.16. The van der Waals surface area contributed by atoms with Gasteiger partial charge in [0.05, 0.1) is 10.8 Å². The number of carbonyl (C=O) groups excluding carboxylic acids is 1. The first kappa shape index (κ1) is 17.7. The lowest BCUT2D eigenvalue weighted by Gasteiger charge is -2.24. The van der Waals surface area contributed by atoms with Crippen LogP contribution in [0.1, 0.15) is 19.8 Å². The van der Waals surface area contributed by atoms with Crippen molar-refractivity contribution in [2.24, 2.45) is 5.92 Å². The molecule has 1 N–H and O–H groups in total. The lowest BCUT2D eigenvalue weighted by atomic mass is 10.1. The molecule has 0 bridgehead atoms. The number of hydrogen-bond acceptors (Lipinski definition) is 4. The van der Waals surface area contributed by atoms with Crippen molar-refractivity contribution >= 4 is 33.3 Å². The van der Waals surface area contributed by atoms with Gasteiger partial charge >= 0.3 is 5.97 Å². The van der Waals surface area contributed by atoms with Gasteiger partial charge in [0.2, 0.25) is 5.91 Å². The van der Waals surface area contributed by atoms with Crippen molar-refractivity contribution in [3.63, 3.8) is 0 Å². The van der Waals surface area contributed by atoms with Gasteiger partial charge in [0.15, 0.2) is 9.84 Å². The highest BCUT2D eigenvalue weighted by Crippen LogP contribution is 2.28. The number of carboxylic acids is 1. The van der Waals surface area contributed by atoms with E-state index < -0.39 is 33.4 Å².